The number of hydrogen-bond donors (Lipinski definition) is 3. The molecule has 0 heterocycles. The Morgan fingerprint density at radius 3 is 2.50 bits per heavy atom. The molecule has 0 saturated carbocycles. The van der Waals surface area contributed by atoms with Gasteiger partial charge in [-0.2, -0.15) is 0 Å². The number of nitrogens with one attached hydrogen (secondary N) is 1. The summed E-state index contributed by atoms with van der Waals surface area (Å²) in [7, 11) is 0. The first-order chi connectivity index (χ1) is 9.65. The number of carboxylic acid groups (broad SMARTS) is 1. The highest BCUT2D eigenvalue weighted by atomic mass is 16.5. The van der Waals surface area contributed by atoms with Crippen molar-refractivity contribution in [2.45, 2.75) is 13.2 Å². The van der Waals surface area contributed by atoms with Crippen molar-refractivity contribution in [1.82, 2.24) is 5.32 Å². The number of benzene rings is 2. The molecule has 0 aliphatic heterocycles. The van der Waals surface area contributed by atoms with Crippen LogP contribution in [0, 0.1) is 0 Å². The quantitative estimate of drug-likeness (QED) is 0.782. The molecule has 1 amide bonds. The van der Waals surface area contributed by atoms with Crippen LogP contribution in [-0.4, -0.2) is 16.3 Å². The van der Waals surface area contributed by atoms with Crippen molar-refractivity contribution in [2.24, 2.45) is 0 Å². The van der Waals surface area contributed by atoms with Crippen molar-refractivity contribution in [1.29, 1.82) is 0 Å². The number of rotatable bonds is 5. The molecule has 2 aromatic rings. The fourth-order valence-electron chi connectivity index (χ4n) is 1.71. The van der Waals surface area contributed by atoms with E-state index in [0.717, 1.165) is 5.56 Å². The van der Waals surface area contributed by atoms with Crippen molar-refractivity contribution in [3.05, 3.63) is 59.7 Å². The zero-order valence-electron chi connectivity index (χ0n) is 10.7. The lowest BCUT2D eigenvalue weighted by molar-refractivity contribution is 0.194. The van der Waals surface area contributed by atoms with E-state index in [-0.39, 0.29) is 12.3 Å². The minimum Gasteiger partial charge on any atom is -0.504 e. The van der Waals surface area contributed by atoms with Crippen LogP contribution in [0.5, 0.6) is 11.5 Å². The fraction of sp³-hybridized carbons (Fsp3) is 0.133. The molecule has 0 unspecified atom stereocenters. The van der Waals surface area contributed by atoms with Gasteiger partial charge in [-0.15, -0.1) is 0 Å². The van der Waals surface area contributed by atoms with Gasteiger partial charge in [0.1, 0.15) is 6.61 Å². The van der Waals surface area contributed by atoms with Gasteiger partial charge >= 0.3 is 6.09 Å². The third-order valence-electron chi connectivity index (χ3n) is 2.70. The average molecular weight is 273 g/mol. The molecule has 5 heteroatoms. The van der Waals surface area contributed by atoms with Crippen molar-refractivity contribution < 1.29 is 19.7 Å². The van der Waals surface area contributed by atoms with Gasteiger partial charge in [0.05, 0.1) is 0 Å². The lowest BCUT2D eigenvalue weighted by Gasteiger charge is -2.09. The topological polar surface area (TPSA) is 78.8 Å². The normalized spacial score (nSPS) is 10.0. The maximum absolute atomic E-state index is 10.4. The molecule has 0 spiro atoms. The first-order valence-electron chi connectivity index (χ1n) is 6.10. The van der Waals surface area contributed by atoms with Crippen molar-refractivity contribution in [3.63, 3.8) is 0 Å². The molecular formula is C15H15NO4. The molecule has 0 fully saturated rings. The Hall–Kier alpha value is -2.69. The minimum absolute atomic E-state index is 0.00869. The summed E-state index contributed by atoms with van der Waals surface area (Å²) in [5.74, 6) is 0.360. The highest BCUT2D eigenvalue weighted by Crippen LogP contribution is 2.27. The molecule has 2 rings (SSSR count). The van der Waals surface area contributed by atoms with E-state index < -0.39 is 6.09 Å². The summed E-state index contributed by atoms with van der Waals surface area (Å²) in [5, 5.41) is 20.6. The van der Waals surface area contributed by atoms with E-state index in [1.165, 1.54) is 6.07 Å². The zero-order valence-corrected chi connectivity index (χ0v) is 10.7. The fourth-order valence-corrected chi connectivity index (χ4v) is 1.71. The minimum atomic E-state index is -1.10. The van der Waals surface area contributed by atoms with E-state index in [0.29, 0.717) is 17.9 Å². The Balaban J connectivity index is 1.97. The molecule has 0 aromatic heterocycles. The number of carbonyl (C=O) groups is 1. The summed E-state index contributed by atoms with van der Waals surface area (Å²) in [5.41, 5.74) is 1.67. The molecule has 0 atom stereocenters. The van der Waals surface area contributed by atoms with E-state index in [1.807, 2.05) is 30.3 Å². The second kappa shape index (κ2) is 6.47. The van der Waals surface area contributed by atoms with Gasteiger partial charge in [-0.3, -0.25) is 0 Å². The van der Waals surface area contributed by atoms with Gasteiger partial charge in [-0.05, 0) is 23.3 Å². The molecule has 0 radical (unpaired) electrons. The molecule has 104 valence electrons. The Labute approximate surface area is 116 Å². The van der Waals surface area contributed by atoms with Crippen LogP contribution >= 0.6 is 0 Å². The monoisotopic (exact) mass is 273 g/mol. The Bertz CT molecular complexity index is 584. The molecule has 0 saturated heterocycles. The second-order valence-electron chi connectivity index (χ2n) is 4.24. The summed E-state index contributed by atoms with van der Waals surface area (Å²) in [6.07, 6.45) is -1.10. The molecule has 0 bridgehead atoms. The van der Waals surface area contributed by atoms with Crippen LogP contribution in [0.3, 0.4) is 0 Å². The molecule has 3 N–H and O–H groups in total. The van der Waals surface area contributed by atoms with Crippen LogP contribution in [0.2, 0.25) is 0 Å². The summed E-state index contributed by atoms with van der Waals surface area (Å²) >= 11 is 0. The highest BCUT2D eigenvalue weighted by Gasteiger charge is 2.05. The van der Waals surface area contributed by atoms with Crippen molar-refractivity contribution >= 4 is 6.09 Å². The maximum atomic E-state index is 10.4. The van der Waals surface area contributed by atoms with E-state index >= 15 is 0 Å². The standard InChI is InChI=1S/C15H15NO4/c17-13-8-12(9-16-15(18)19)6-7-14(13)20-10-11-4-2-1-3-5-11/h1-8,16-17H,9-10H2,(H,18,19). The zero-order chi connectivity index (χ0) is 14.4. The third kappa shape index (κ3) is 3.91. The maximum Gasteiger partial charge on any atom is 0.404 e. The number of amides is 1. The van der Waals surface area contributed by atoms with E-state index in [2.05, 4.69) is 5.32 Å². The Morgan fingerprint density at radius 2 is 1.85 bits per heavy atom. The lowest BCUT2D eigenvalue weighted by Crippen LogP contribution is -2.19. The van der Waals surface area contributed by atoms with Gasteiger partial charge in [0.15, 0.2) is 11.5 Å². The van der Waals surface area contributed by atoms with Crippen LogP contribution in [0.15, 0.2) is 48.5 Å². The number of hydrogen-bond acceptors (Lipinski definition) is 3. The molecular weight excluding hydrogens is 258 g/mol. The first kappa shape index (κ1) is 13.7. The smallest absolute Gasteiger partial charge is 0.404 e. The molecule has 2 aromatic carbocycles. The highest BCUT2D eigenvalue weighted by molar-refractivity contribution is 5.64. The lowest BCUT2D eigenvalue weighted by atomic mass is 10.2. The van der Waals surface area contributed by atoms with E-state index in [4.69, 9.17) is 9.84 Å². The predicted molar refractivity (Wildman–Crippen MR) is 73.7 cm³/mol. The van der Waals surface area contributed by atoms with Crippen LogP contribution in [-0.2, 0) is 13.2 Å². The van der Waals surface area contributed by atoms with Gasteiger partial charge in [-0.25, -0.2) is 4.79 Å². The van der Waals surface area contributed by atoms with Crippen LogP contribution in [0.4, 0.5) is 4.79 Å². The summed E-state index contributed by atoms with van der Waals surface area (Å²) in [6.45, 7) is 0.503. The summed E-state index contributed by atoms with van der Waals surface area (Å²) in [6, 6.07) is 14.4. The van der Waals surface area contributed by atoms with Crippen LogP contribution in [0.1, 0.15) is 11.1 Å². The number of aromatic hydroxyl groups is 1. The molecule has 20 heavy (non-hydrogen) atoms. The van der Waals surface area contributed by atoms with Gasteiger partial charge in [0.2, 0.25) is 0 Å². The Kier molecular flexibility index (Phi) is 4.44. The predicted octanol–water partition coefficient (Wildman–Crippen LogP) is 2.74. The molecule has 0 aliphatic carbocycles. The average Bonchev–Trinajstić information content (AvgIpc) is 2.45. The summed E-state index contributed by atoms with van der Waals surface area (Å²) in [4.78, 5) is 10.4. The SMILES string of the molecule is O=C(O)NCc1ccc(OCc2ccccc2)c(O)c1. The van der Waals surface area contributed by atoms with E-state index in [1.54, 1.807) is 12.1 Å². The van der Waals surface area contributed by atoms with Crippen molar-refractivity contribution in [3.8, 4) is 11.5 Å². The Morgan fingerprint density at radius 1 is 1.10 bits per heavy atom. The van der Waals surface area contributed by atoms with Gasteiger partial charge in [0.25, 0.3) is 0 Å². The molecule has 0 aliphatic rings. The van der Waals surface area contributed by atoms with Gasteiger partial charge < -0.3 is 20.3 Å². The largest absolute Gasteiger partial charge is 0.504 e. The molecule has 5 nitrogen and oxygen atoms in total. The third-order valence-corrected chi connectivity index (χ3v) is 2.70. The number of phenolic OH excluding ortho intramolecular Hbond substituents is 1. The van der Waals surface area contributed by atoms with Gasteiger partial charge in [0, 0.05) is 6.54 Å². The number of phenols is 1. The number of ether oxygens (including phenoxy) is 1. The van der Waals surface area contributed by atoms with Gasteiger partial charge in [-0.1, -0.05) is 36.4 Å². The van der Waals surface area contributed by atoms with Crippen molar-refractivity contribution in [2.75, 3.05) is 0 Å². The van der Waals surface area contributed by atoms with Crippen LogP contribution < -0.4 is 10.1 Å². The van der Waals surface area contributed by atoms with E-state index in [9.17, 15) is 9.90 Å². The van der Waals surface area contributed by atoms with Crippen LogP contribution in [0.25, 0.3) is 0 Å². The summed E-state index contributed by atoms with van der Waals surface area (Å²) < 4.78 is 5.52. The first-order valence-corrected chi connectivity index (χ1v) is 6.10. The second-order valence-corrected chi connectivity index (χ2v) is 4.24.